The number of nitrogens with two attached hydrogens (primary N) is 1. The first-order valence-electron chi connectivity index (χ1n) is 8.93. The summed E-state index contributed by atoms with van der Waals surface area (Å²) in [6, 6.07) is 7.28. The van der Waals surface area contributed by atoms with Crippen LogP contribution in [0.25, 0.3) is 11.3 Å². The Balaban J connectivity index is 1.68. The summed E-state index contributed by atoms with van der Waals surface area (Å²) >= 11 is 1.46. The minimum atomic E-state index is -0.531. The van der Waals surface area contributed by atoms with Crippen LogP contribution in [0.3, 0.4) is 0 Å². The molecule has 1 unspecified atom stereocenters. The van der Waals surface area contributed by atoms with E-state index in [1.807, 2.05) is 38.1 Å². The fourth-order valence-electron chi connectivity index (χ4n) is 3.07. The number of nitrogens with zero attached hydrogens (tertiary/aromatic N) is 1. The fraction of sp³-hybridized carbons (Fsp3) is 0.474. The van der Waals surface area contributed by atoms with Gasteiger partial charge in [-0.25, -0.2) is 4.98 Å². The summed E-state index contributed by atoms with van der Waals surface area (Å²) < 4.78 is 10.8. The van der Waals surface area contributed by atoms with Crippen molar-refractivity contribution < 1.29 is 14.3 Å². The minimum Gasteiger partial charge on any atom is -0.494 e. The van der Waals surface area contributed by atoms with E-state index in [9.17, 15) is 4.79 Å². The molecule has 1 aliphatic rings. The molecule has 7 heteroatoms. The lowest BCUT2D eigenvalue weighted by Gasteiger charge is -2.26. The van der Waals surface area contributed by atoms with Crippen molar-refractivity contribution in [2.24, 2.45) is 11.7 Å². The summed E-state index contributed by atoms with van der Waals surface area (Å²) in [6.45, 7) is 5.93. The lowest BCUT2D eigenvalue weighted by atomic mass is 9.92. The summed E-state index contributed by atoms with van der Waals surface area (Å²) in [5, 5.41) is 3.46. The number of amides is 1. The molecule has 3 N–H and O–H groups in total. The number of aryl methyl sites for hydroxylation is 1. The highest BCUT2D eigenvalue weighted by Crippen LogP contribution is 2.31. The molecule has 1 amide bonds. The third kappa shape index (κ3) is 4.41. The third-order valence-corrected chi connectivity index (χ3v) is 5.43. The second-order valence-electron chi connectivity index (χ2n) is 6.35. The molecular formula is C19H25N3O3S. The Kier molecular flexibility index (Phi) is 6.24. The van der Waals surface area contributed by atoms with Crippen LogP contribution in [0, 0.1) is 12.8 Å². The number of thiazole rings is 1. The second kappa shape index (κ2) is 8.62. The Morgan fingerprint density at radius 2 is 2.08 bits per heavy atom. The van der Waals surface area contributed by atoms with Gasteiger partial charge in [-0.2, -0.15) is 0 Å². The van der Waals surface area contributed by atoms with Gasteiger partial charge in [0.25, 0.3) is 0 Å². The number of nitrogens with one attached hydrogen (secondary N) is 1. The van der Waals surface area contributed by atoms with Crippen LogP contribution in [0.15, 0.2) is 24.3 Å². The summed E-state index contributed by atoms with van der Waals surface area (Å²) in [4.78, 5) is 18.1. The Morgan fingerprint density at radius 3 is 2.73 bits per heavy atom. The van der Waals surface area contributed by atoms with Gasteiger partial charge in [-0.3, -0.25) is 4.79 Å². The molecule has 1 fully saturated rings. The number of hydrogen-bond acceptors (Lipinski definition) is 6. The SMILES string of the molecule is CCOc1ccc(-c2nc(NC(=O)C(N)C3CCOCC3)sc2C)cc1. The molecule has 0 aliphatic carbocycles. The molecule has 2 heterocycles. The van der Waals surface area contributed by atoms with Gasteiger partial charge in [0.1, 0.15) is 5.75 Å². The Labute approximate surface area is 157 Å². The molecule has 0 saturated carbocycles. The highest BCUT2D eigenvalue weighted by molar-refractivity contribution is 7.16. The Bertz CT molecular complexity index is 739. The molecule has 0 bridgehead atoms. The molecule has 140 valence electrons. The van der Waals surface area contributed by atoms with Crippen molar-refractivity contribution in [1.82, 2.24) is 4.98 Å². The summed E-state index contributed by atoms with van der Waals surface area (Å²) in [6.07, 6.45) is 1.64. The zero-order valence-electron chi connectivity index (χ0n) is 15.2. The molecule has 1 saturated heterocycles. The summed E-state index contributed by atoms with van der Waals surface area (Å²) in [7, 11) is 0. The first kappa shape index (κ1) is 18.8. The van der Waals surface area contributed by atoms with E-state index in [4.69, 9.17) is 15.2 Å². The predicted molar refractivity (Wildman–Crippen MR) is 104 cm³/mol. The number of hydrogen-bond donors (Lipinski definition) is 2. The highest BCUT2D eigenvalue weighted by atomic mass is 32.1. The largest absolute Gasteiger partial charge is 0.494 e. The van der Waals surface area contributed by atoms with Crippen molar-refractivity contribution in [3.05, 3.63) is 29.1 Å². The smallest absolute Gasteiger partial charge is 0.243 e. The first-order valence-corrected chi connectivity index (χ1v) is 9.75. The van der Waals surface area contributed by atoms with Gasteiger partial charge in [-0.15, -0.1) is 11.3 Å². The maximum atomic E-state index is 12.5. The standard InChI is InChI=1S/C19H25N3O3S/c1-3-25-15-6-4-14(5-7-15)17-12(2)26-19(21-17)22-18(23)16(20)13-8-10-24-11-9-13/h4-7,13,16H,3,8-11,20H2,1-2H3,(H,21,22,23). The molecule has 1 aliphatic heterocycles. The van der Waals surface area contributed by atoms with E-state index in [-0.39, 0.29) is 11.8 Å². The molecule has 3 rings (SSSR count). The van der Waals surface area contributed by atoms with Gasteiger partial charge in [-0.05, 0) is 56.9 Å². The van der Waals surface area contributed by atoms with Gasteiger partial charge >= 0.3 is 0 Å². The van der Waals surface area contributed by atoms with Crippen LogP contribution in [-0.2, 0) is 9.53 Å². The van der Waals surface area contributed by atoms with Gasteiger partial charge in [0, 0.05) is 23.7 Å². The van der Waals surface area contributed by atoms with E-state index >= 15 is 0 Å². The van der Waals surface area contributed by atoms with Crippen LogP contribution in [0.4, 0.5) is 5.13 Å². The van der Waals surface area contributed by atoms with Gasteiger partial charge in [0.15, 0.2) is 5.13 Å². The molecular weight excluding hydrogens is 350 g/mol. The van der Waals surface area contributed by atoms with Crippen molar-refractivity contribution in [1.29, 1.82) is 0 Å². The fourth-order valence-corrected chi connectivity index (χ4v) is 3.91. The van der Waals surface area contributed by atoms with E-state index in [0.717, 1.165) is 34.7 Å². The van der Waals surface area contributed by atoms with Gasteiger partial charge in [0.2, 0.25) is 5.91 Å². The molecule has 2 aromatic rings. The average molecular weight is 375 g/mol. The predicted octanol–water partition coefficient (Wildman–Crippen LogP) is 3.21. The number of ether oxygens (including phenoxy) is 2. The molecule has 0 radical (unpaired) electrons. The van der Waals surface area contributed by atoms with Crippen LogP contribution in [-0.4, -0.2) is 36.8 Å². The van der Waals surface area contributed by atoms with Crippen LogP contribution < -0.4 is 15.8 Å². The van der Waals surface area contributed by atoms with Crippen LogP contribution in [0.1, 0.15) is 24.6 Å². The van der Waals surface area contributed by atoms with Crippen molar-refractivity contribution in [3.63, 3.8) is 0 Å². The monoisotopic (exact) mass is 375 g/mol. The van der Waals surface area contributed by atoms with Crippen molar-refractivity contribution in [2.45, 2.75) is 32.7 Å². The van der Waals surface area contributed by atoms with Crippen LogP contribution in [0.2, 0.25) is 0 Å². The average Bonchev–Trinajstić information content (AvgIpc) is 3.03. The highest BCUT2D eigenvalue weighted by Gasteiger charge is 2.27. The second-order valence-corrected chi connectivity index (χ2v) is 7.55. The van der Waals surface area contributed by atoms with E-state index < -0.39 is 6.04 Å². The number of rotatable bonds is 6. The first-order chi connectivity index (χ1) is 12.6. The molecule has 26 heavy (non-hydrogen) atoms. The van der Waals surface area contributed by atoms with Crippen molar-refractivity contribution in [2.75, 3.05) is 25.1 Å². The van der Waals surface area contributed by atoms with Crippen molar-refractivity contribution in [3.8, 4) is 17.0 Å². The van der Waals surface area contributed by atoms with Gasteiger partial charge in [-0.1, -0.05) is 0 Å². The maximum absolute atomic E-state index is 12.5. The molecule has 6 nitrogen and oxygen atoms in total. The maximum Gasteiger partial charge on any atom is 0.243 e. The number of aromatic nitrogens is 1. The van der Waals surface area contributed by atoms with E-state index in [1.54, 1.807) is 0 Å². The van der Waals surface area contributed by atoms with Gasteiger partial charge in [0.05, 0.1) is 18.3 Å². The van der Waals surface area contributed by atoms with E-state index in [2.05, 4.69) is 10.3 Å². The molecule has 1 atom stereocenters. The molecule has 1 aromatic carbocycles. The summed E-state index contributed by atoms with van der Waals surface area (Å²) in [5.74, 6) is 0.819. The number of carbonyl (C=O) groups is 1. The number of benzene rings is 1. The van der Waals surface area contributed by atoms with Crippen molar-refractivity contribution >= 4 is 22.4 Å². The minimum absolute atomic E-state index is 0.162. The Morgan fingerprint density at radius 1 is 1.38 bits per heavy atom. The summed E-state index contributed by atoms with van der Waals surface area (Å²) in [5.41, 5.74) is 8.00. The molecule has 0 spiro atoms. The van der Waals surface area contributed by atoms with Gasteiger partial charge < -0.3 is 20.5 Å². The zero-order valence-corrected chi connectivity index (χ0v) is 16.0. The van der Waals surface area contributed by atoms with Crippen LogP contribution >= 0.6 is 11.3 Å². The topological polar surface area (TPSA) is 86.5 Å². The Hall–Kier alpha value is -1.96. The third-order valence-electron chi connectivity index (χ3n) is 4.54. The van der Waals surface area contributed by atoms with Crippen LogP contribution in [0.5, 0.6) is 5.75 Å². The normalized spacial score (nSPS) is 16.3. The lowest BCUT2D eigenvalue weighted by molar-refractivity contribution is -0.119. The quantitative estimate of drug-likeness (QED) is 0.810. The molecule has 1 aromatic heterocycles. The number of carbonyl (C=O) groups excluding carboxylic acids is 1. The zero-order chi connectivity index (χ0) is 18.5. The van der Waals surface area contributed by atoms with E-state index in [0.29, 0.717) is 25.0 Å². The number of anilines is 1. The van der Waals surface area contributed by atoms with E-state index in [1.165, 1.54) is 11.3 Å². The lowest BCUT2D eigenvalue weighted by Crippen LogP contribution is -2.43.